The zero-order valence-corrected chi connectivity index (χ0v) is 12.4. The summed E-state index contributed by atoms with van der Waals surface area (Å²) in [6.07, 6.45) is 2.68. The summed E-state index contributed by atoms with van der Waals surface area (Å²) in [5.41, 5.74) is 0.752. The molecule has 112 valence electrons. The van der Waals surface area contributed by atoms with E-state index in [1.54, 1.807) is 6.07 Å². The molecule has 1 aliphatic rings. The van der Waals surface area contributed by atoms with Crippen LogP contribution in [0.1, 0.15) is 25.3 Å². The van der Waals surface area contributed by atoms with Crippen LogP contribution in [0, 0.1) is 5.82 Å². The predicted molar refractivity (Wildman–Crippen MR) is 79.2 cm³/mol. The second kappa shape index (κ2) is 7.72. The molecule has 3 nitrogen and oxygen atoms in total. The first-order chi connectivity index (χ1) is 9.66. The van der Waals surface area contributed by atoms with Crippen LogP contribution in [0.25, 0.3) is 0 Å². The van der Waals surface area contributed by atoms with Crippen molar-refractivity contribution in [2.45, 2.75) is 38.5 Å². The molecule has 0 saturated carbocycles. The monoisotopic (exact) mass is 280 g/mol. The molecule has 1 saturated heterocycles. The van der Waals surface area contributed by atoms with Crippen molar-refractivity contribution >= 4 is 0 Å². The Bertz CT molecular complexity index is 407. The van der Waals surface area contributed by atoms with Crippen molar-refractivity contribution in [3.8, 4) is 0 Å². The van der Waals surface area contributed by atoms with E-state index in [9.17, 15) is 4.39 Å². The number of nitrogens with zero attached hydrogens (tertiary/aromatic N) is 1. The first-order valence-electron chi connectivity index (χ1n) is 7.44. The number of hydrogen-bond acceptors (Lipinski definition) is 3. The summed E-state index contributed by atoms with van der Waals surface area (Å²) in [5, 5.41) is 3.50. The van der Waals surface area contributed by atoms with Crippen molar-refractivity contribution in [1.29, 1.82) is 0 Å². The average molecular weight is 280 g/mol. The van der Waals surface area contributed by atoms with Gasteiger partial charge in [0.15, 0.2) is 0 Å². The Labute approximate surface area is 121 Å². The van der Waals surface area contributed by atoms with Crippen molar-refractivity contribution in [3.63, 3.8) is 0 Å². The van der Waals surface area contributed by atoms with Crippen LogP contribution in [0.5, 0.6) is 0 Å². The maximum absolute atomic E-state index is 13.5. The van der Waals surface area contributed by atoms with Gasteiger partial charge in [-0.25, -0.2) is 4.39 Å². The standard InChI is InChI=1S/C16H25FN2O/c1-13(16-8-5-11-20-16)18-9-10-19(2)12-14-6-3-4-7-15(14)17/h3-4,6-7,13,16,18H,5,8-12H2,1-2H3. The van der Waals surface area contributed by atoms with Crippen LogP contribution in [0.2, 0.25) is 0 Å². The van der Waals surface area contributed by atoms with E-state index in [4.69, 9.17) is 4.74 Å². The second-order valence-electron chi connectivity index (χ2n) is 5.62. The lowest BCUT2D eigenvalue weighted by atomic mass is 10.1. The Hall–Kier alpha value is -0.970. The number of ether oxygens (including phenoxy) is 1. The Morgan fingerprint density at radius 2 is 2.25 bits per heavy atom. The smallest absolute Gasteiger partial charge is 0.127 e. The molecule has 1 aliphatic heterocycles. The zero-order valence-electron chi connectivity index (χ0n) is 12.4. The van der Waals surface area contributed by atoms with Crippen molar-refractivity contribution in [2.75, 3.05) is 26.7 Å². The highest BCUT2D eigenvalue weighted by atomic mass is 19.1. The molecule has 2 atom stereocenters. The summed E-state index contributed by atoms with van der Waals surface area (Å²) in [4.78, 5) is 2.13. The Kier molecular flexibility index (Phi) is 5.95. The molecule has 0 bridgehead atoms. The zero-order chi connectivity index (χ0) is 14.4. The van der Waals surface area contributed by atoms with E-state index in [1.165, 1.54) is 12.5 Å². The van der Waals surface area contributed by atoms with E-state index in [2.05, 4.69) is 17.1 Å². The Morgan fingerprint density at radius 3 is 2.95 bits per heavy atom. The normalized spacial score (nSPS) is 20.5. The van der Waals surface area contributed by atoms with Gasteiger partial charge in [-0.05, 0) is 32.9 Å². The molecule has 2 rings (SSSR count). The van der Waals surface area contributed by atoms with Crippen LogP contribution >= 0.6 is 0 Å². The van der Waals surface area contributed by atoms with E-state index in [0.29, 0.717) is 18.7 Å². The molecule has 0 radical (unpaired) electrons. The largest absolute Gasteiger partial charge is 0.377 e. The van der Waals surface area contributed by atoms with Gasteiger partial charge in [-0.2, -0.15) is 0 Å². The number of rotatable bonds is 7. The third kappa shape index (κ3) is 4.54. The van der Waals surface area contributed by atoms with Crippen LogP contribution in [0.15, 0.2) is 24.3 Å². The van der Waals surface area contributed by atoms with Gasteiger partial charge < -0.3 is 15.0 Å². The number of likely N-dealkylation sites (N-methyl/N-ethyl adjacent to an activating group) is 1. The van der Waals surface area contributed by atoms with Crippen LogP contribution in [-0.4, -0.2) is 43.8 Å². The van der Waals surface area contributed by atoms with Gasteiger partial charge in [-0.1, -0.05) is 18.2 Å². The van der Waals surface area contributed by atoms with Gasteiger partial charge in [0.05, 0.1) is 6.10 Å². The first kappa shape index (κ1) is 15.4. The highest BCUT2D eigenvalue weighted by Crippen LogP contribution is 2.15. The number of benzene rings is 1. The molecule has 1 fully saturated rings. The molecule has 1 aromatic carbocycles. The minimum Gasteiger partial charge on any atom is -0.377 e. The van der Waals surface area contributed by atoms with Crippen molar-refractivity contribution < 1.29 is 9.13 Å². The molecular weight excluding hydrogens is 255 g/mol. The van der Waals surface area contributed by atoms with E-state index >= 15 is 0 Å². The second-order valence-corrected chi connectivity index (χ2v) is 5.62. The summed E-state index contributed by atoms with van der Waals surface area (Å²) in [6, 6.07) is 7.35. The average Bonchev–Trinajstić information content (AvgIpc) is 2.95. The maximum atomic E-state index is 13.5. The minimum atomic E-state index is -0.125. The molecule has 0 amide bonds. The minimum absolute atomic E-state index is 0.125. The summed E-state index contributed by atoms with van der Waals surface area (Å²) in [6.45, 7) is 5.50. The number of nitrogens with one attached hydrogen (secondary N) is 1. The van der Waals surface area contributed by atoms with Crippen LogP contribution in [0.3, 0.4) is 0 Å². The van der Waals surface area contributed by atoms with Crippen molar-refractivity contribution in [1.82, 2.24) is 10.2 Å². The topological polar surface area (TPSA) is 24.5 Å². The summed E-state index contributed by atoms with van der Waals surface area (Å²) < 4.78 is 19.2. The first-order valence-corrected chi connectivity index (χ1v) is 7.44. The molecule has 20 heavy (non-hydrogen) atoms. The lowest BCUT2D eigenvalue weighted by Crippen LogP contribution is -2.40. The third-order valence-electron chi connectivity index (χ3n) is 3.88. The lowest BCUT2D eigenvalue weighted by Gasteiger charge is -2.22. The maximum Gasteiger partial charge on any atom is 0.127 e. The van der Waals surface area contributed by atoms with Crippen LogP contribution < -0.4 is 5.32 Å². The summed E-state index contributed by atoms with van der Waals surface area (Å²) in [5.74, 6) is -0.125. The summed E-state index contributed by atoms with van der Waals surface area (Å²) in [7, 11) is 2.02. The van der Waals surface area contributed by atoms with E-state index < -0.39 is 0 Å². The molecule has 2 unspecified atom stereocenters. The van der Waals surface area contributed by atoms with Gasteiger partial charge in [-0.3, -0.25) is 0 Å². The van der Waals surface area contributed by atoms with Gasteiger partial charge in [0.2, 0.25) is 0 Å². The molecule has 1 N–H and O–H groups in total. The fraction of sp³-hybridized carbons (Fsp3) is 0.625. The highest BCUT2D eigenvalue weighted by Gasteiger charge is 2.21. The molecular formula is C16H25FN2O. The quantitative estimate of drug-likeness (QED) is 0.830. The van der Waals surface area contributed by atoms with Gasteiger partial charge >= 0.3 is 0 Å². The molecule has 0 aliphatic carbocycles. The van der Waals surface area contributed by atoms with E-state index in [0.717, 1.165) is 31.7 Å². The molecule has 0 spiro atoms. The molecule has 0 aromatic heterocycles. The highest BCUT2D eigenvalue weighted by molar-refractivity contribution is 5.16. The Balaban J connectivity index is 1.67. The fourth-order valence-corrected chi connectivity index (χ4v) is 2.61. The number of halogens is 1. The van der Waals surface area contributed by atoms with Crippen molar-refractivity contribution in [3.05, 3.63) is 35.6 Å². The van der Waals surface area contributed by atoms with Crippen LogP contribution in [0.4, 0.5) is 4.39 Å². The van der Waals surface area contributed by atoms with Gasteiger partial charge in [0, 0.05) is 37.8 Å². The van der Waals surface area contributed by atoms with Crippen molar-refractivity contribution in [2.24, 2.45) is 0 Å². The molecule has 4 heteroatoms. The van der Waals surface area contributed by atoms with E-state index in [-0.39, 0.29) is 5.82 Å². The van der Waals surface area contributed by atoms with Gasteiger partial charge in [-0.15, -0.1) is 0 Å². The molecule has 1 aromatic rings. The SMILES string of the molecule is CC(NCCN(C)Cc1ccccc1F)C1CCCO1. The summed E-state index contributed by atoms with van der Waals surface area (Å²) >= 11 is 0. The van der Waals surface area contributed by atoms with E-state index in [1.807, 2.05) is 19.2 Å². The van der Waals surface area contributed by atoms with Gasteiger partial charge in [0.1, 0.15) is 5.82 Å². The number of hydrogen-bond donors (Lipinski definition) is 1. The molecule has 1 heterocycles. The third-order valence-corrected chi connectivity index (χ3v) is 3.88. The fourth-order valence-electron chi connectivity index (χ4n) is 2.61. The van der Waals surface area contributed by atoms with Gasteiger partial charge in [0.25, 0.3) is 0 Å². The Morgan fingerprint density at radius 1 is 1.45 bits per heavy atom. The lowest BCUT2D eigenvalue weighted by molar-refractivity contribution is 0.0829. The predicted octanol–water partition coefficient (Wildman–Crippen LogP) is 2.41. The van der Waals surface area contributed by atoms with Crippen LogP contribution in [-0.2, 0) is 11.3 Å².